The van der Waals surface area contributed by atoms with E-state index in [1.165, 1.54) is 29.5 Å². The van der Waals surface area contributed by atoms with Crippen molar-refractivity contribution in [1.82, 2.24) is 9.97 Å². The van der Waals surface area contributed by atoms with Gasteiger partial charge in [-0.3, -0.25) is 4.79 Å². The Morgan fingerprint density at radius 2 is 2.00 bits per heavy atom. The second kappa shape index (κ2) is 7.88. The molecule has 0 atom stereocenters. The van der Waals surface area contributed by atoms with E-state index in [0.29, 0.717) is 16.4 Å². The number of carbonyl (C=O) groups is 1. The molecular formula is C21H22ClFN4OS. The minimum Gasteiger partial charge on any atom is -0.356 e. The number of aryl methyl sites for hydroxylation is 2. The van der Waals surface area contributed by atoms with Crippen molar-refractivity contribution >= 4 is 50.6 Å². The molecule has 1 amide bonds. The average Bonchev–Trinajstić information content (AvgIpc) is 3.00. The van der Waals surface area contributed by atoms with Gasteiger partial charge in [0.2, 0.25) is 0 Å². The van der Waals surface area contributed by atoms with Crippen LogP contribution >= 0.6 is 22.9 Å². The Hall–Kier alpha value is -2.25. The molecule has 1 aromatic carbocycles. The van der Waals surface area contributed by atoms with Gasteiger partial charge in [0, 0.05) is 13.1 Å². The molecule has 1 fully saturated rings. The molecule has 4 rings (SSSR count). The van der Waals surface area contributed by atoms with Gasteiger partial charge in [-0.2, -0.15) is 0 Å². The van der Waals surface area contributed by atoms with Crippen LogP contribution in [0.15, 0.2) is 18.2 Å². The van der Waals surface area contributed by atoms with Gasteiger partial charge in [-0.15, -0.1) is 11.3 Å². The second-order valence-electron chi connectivity index (χ2n) is 7.58. The van der Waals surface area contributed by atoms with Crippen molar-refractivity contribution in [1.29, 1.82) is 0 Å². The highest BCUT2D eigenvalue weighted by atomic mass is 35.5. The first-order chi connectivity index (χ1) is 13.8. The van der Waals surface area contributed by atoms with Crippen LogP contribution in [0.25, 0.3) is 10.2 Å². The summed E-state index contributed by atoms with van der Waals surface area (Å²) in [6.07, 6.45) is 2.26. The zero-order chi connectivity index (χ0) is 20.7. The Balaban J connectivity index is 1.71. The quantitative estimate of drug-likeness (QED) is 0.586. The number of fused-ring (bicyclic) bond motifs is 1. The largest absolute Gasteiger partial charge is 0.356 e. The fraction of sp³-hybridized carbons (Fsp3) is 0.381. The highest BCUT2D eigenvalue weighted by molar-refractivity contribution is 7.20. The Kier molecular flexibility index (Phi) is 5.44. The molecule has 1 saturated heterocycles. The van der Waals surface area contributed by atoms with Crippen molar-refractivity contribution < 1.29 is 9.18 Å². The summed E-state index contributed by atoms with van der Waals surface area (Å²) in [7, 11) is 0. The zero-order valence-corrected chi connectivity index (χ0v) is 18.1. The maximum Gasteiger partial charge on any atom is 0.266 e. The number of hydrogen-bond acceptors (Lipinski definition) is 5. The summed E-state index contributed by atoms with van der Waals surface area (Å²) >= 11 is 7.40. The number of hydrogen-bond donors (Lipinski definition) is 1. The molecule has 8 heteroatoms. The van der Waals surface area contributed by atoms with Crippen LogP contribution in [-0.2, 0) is 0 Å². The Morgan fingerprint density at radius 1 is 1.28 bits per heavy atom. The summed E-state index contributed by atoms with van der Waals surface area (Å²) in [4.78, 5) is 25.9. The lowest BCUT2D eigenvalue weighted by atomic mass is 9.99. The van der Waals surface area contributed by atoms with E-state index in [9.17, 15) is 9.18 Å². The number of carbonyl (C=O) groups excluding carboxylic acids is 1. The first kappa shape index (κ1) is 20.0. The summed E-state index contributed by atoms with van der Waals surface area (Å²) in [5.74, 6) is 1.59. The van der Waals surface area contributed by atoms with E-state index in [-0.39, 0.29) is 10.9 Å². The van der Waals surface area contributed by atoms with Gasteiger partial charge in [0.1, 0.15) is 22.3 Å². The van der Waals surface area contributed by atoms with E-state index < -0.39 is 5.82 Å². The topological polar surface area (TPSA) is 58.1 Å². The molecule has 1 N–H and O–H groups in total. The molecule has 1 aliphatic rings. The summed E-state index contributed by atoms with van der Waals surface area (Å²) < 4.78 is 13.3. The monoisotopic (exact) mass is 432 g/mol. The predicted molar refractivity (Wildman–Crippen MR) is 117 cm³/mol. The number of thiophene rings is 1. The minimum atomic E-state index is -0.447. The highest BCUT2D eigenvalue weighted by Gasteiger charge is 2.25. The van der Waals surface area contributed by atoms with Crippen molar-refractivity contribution in [3.05, 3.63) is 45.3 Å². The van der Waals surface area contributed by atoms with E-state index in [1.807, 2.05) is 13.8 Å². The van der Waals surface area contributed by atoms with Gasteiger partial charge in [0.25, 0.3) is 5.91 Å². The van der Waals surface area contributed by atoms with E-state index >= 15 is 0 Å². The molecular weight excluding hydrogens is 411 g/mol. The zero-order valence-electron chi connectivity index (χ0n) is 16.6. The van der Waals surface area contributed by atoms with Gasteiger partial charge in [-0.25, -0.2) is 14.4 Å². The lowest BCUT2D eigenvalue weighted by Crippen LogP contribution is -2.33. The number of rotatable bonds is 3. The van der Waals surface area contributed by atoms with Crippen molar-refractivity contribution in [2.45, 2.75) is 33.6 Å². The summed E-state index contributed by atoms with van der Waals surface area (Å²) in [6.45, 7) is 7.98. The van der Waals surface area contributed by atoms with Crippen LogP contribution in [0.4, 0.5) is 15.9 Å². The standard InChI is InChI=1S/C21H22ClFN4OS/c1-11-6-8-27(9-7-11)19-17-12(2)18(29-21(17)25-13(3)24-19)20(28)26-16-5-4-14(23)10-15(16)22/h4-5,10-11H,6-9H2,1-3H3,(H,26,28). The van der Waals surface area contributed by atoms with Crippen molar-refractivity contribution in [2.75, 3.05) is 23.3 Å². The number of anilines is 2. The molecule has 3 aromatic rings. The van der Waals surface area contributed by atoms with Gasteiger partial charge in [-0.1, -0.05) is 18.5 Å². The fourth-order valence-corrected chi connectivity index (χ4v) is 4.99. The first-order valence-electron chi connectivity index (χ1n) is 9.62. The molecule has 0 radical (unpaired) electrons. The predicted octanol–water partition coefficient (Wildman–Crippen LogP) is 5.59. The normalized spacial score (nSPS) is 15.1. The third-order valence-electron chi connectivity index (χ3n) is 5.35. The number of benzene rings is 1. The molecule has 0 aliphatic carbocycles. The molecule has 3 heterocycles. The third kappa shape index (κ3) is 3.94. The average molecular weight is 433 g/mol. The molecule has 152 valence electrons. The number of amides is 1. The van der Waals surface area contributed by atoms with Crippen LogP contribution in [0, 0.1) is 25.6 Å². The maximum atomic E-state index is 13.3. The van der Waals surface area contributed by atoms with Gasteiger partial charge >= 0.3 is 0 Å². The van der Waals surface area contributed by atoms with Gasteiger partial charge in [-0.05, 0) is 56.4 Å². The number of halogens is 2. The lowest BCUT2D eigenvalue weighted by molar-refractivity contribution is 0.103. The molecule has 29 heavy (non-hydrogen) atoms. The Bertz CT molecular complexity index is 1090. The smallest absolute Gasteiger partial charge is 0.266 e. The third-order valence-corrected chi connectivity index (χ3v) is 6.85. The number of aromatic nitrogens is 2. The number of nitrogens with one attached hydrogen (secondary N) is 1. The molecule has 2 aromatic heterocycles. The SMILES string of the molecule is Cc1nc(N2CCC(C)CC2)c2c(C)c(C(=O)Nc3ccc(F)cc3Cl)sc2n1. The molecule has 0 bridgehead atoms. The van der Waals surface area contributed by atoms with Crippen molar-refractivity contribution in [2.24, 2.45) is 5.92 Å². The first-order valence-corrected chi connectivity index (χ1v) is 10.8. The van der Waals surface area contributed by atoms with Crippen molar-refractivity contribution in [3.8, 4) is 0 Å². The summed E-state index contributed by atoms with van der Waals surface area (Å²) in [5.41, 5.74) is 1.23. The summed E-state index contributed by atoms with van der Waals surface area (Å²) in [5, 5.41) is 3.88. The van der Waals surface area contributed by atoms with Crippen LogP contribution in [0.3, 0.4) is 0 Å². The number of nitrogens with zero attached hydrogens (tertiary/aromatic N) is 3. The second-order valence-corrected chi connectivity index (χ2v) is 8.98. The molecule has 5 nitrogen and oxygen atoms in total. The van der Waals surface area contributed by atoms with Crippen LogP contribution in [0.1, 0.15) is 40.8 Å². The van der Waals surface area contributed by atoms with E-state index in [4.69, 9.17) is 16.6 Å². The molecule has 0 saturated carbocycles. The van der Waals surface area contributed by atoms with Crippen molar-refractivity contribution in [3.63, 3.8) is 0 Å². The van der Waals surface area contributed by atoms with Crippen LogP contribution < -0.4 is 10.2 Å². The van der Waals surface area contributed by atoms with E-state index in [1.54, 1.807) is 0 Å². The van der Waals surface area contributed by atoms with Crippen LogP contribution in [0.5, 0.6) is 0 Å². The highest BCUT2D eigenvalue weighted by Crippen LogP contribution is 2.37. The maximum absolute atomic E-state index is 13.3. The Labute approximate surface area is 177 Å². The van der Waals surface area contributed by atoms with E-state index in [0.717, 1.165) is 53.4 Å². The fourth-order valence-electron chi connectivity index (χ4n) is 3.66. The van der Waals surface area contributed by atoms with Crippen LogP contribution in [0.2, 0.25) is 5.02 Å². The lowest BCUT2D eigenvalue weighted by Gasteiger charge is -2.31. The van der Waals surface area contributed by atoms with Crippen LogP contribution in [-0.4, -0.2) is 29.0 Å². The summed E-state index contributed by atoms with van der Waals surface area (Å²) in [6, 6.07) is 3.91. The Morgan fingerprint density at radius 3 is 2.69 bits per heavy atom. The van der Waals surface area contributed by atoms with Gasteiger partial charge < -0.3 is 10.2 Å². The molecule has 1 aliphatic heterocycles. The minimum absolute atomic E-state index is 0.163. The molecule has 0 spiro atoms. The van der Waals surface area contributed by atoms with E-state index in [2.05, 4.69) is 22.1 Å². The van der Waals surface area contributed by atoms with Gasteiger partial charge in [0.05, 0.1) is 21.0 Å². The molecule has 0 unspecified atom stereocenters. The number of piperidine rings is 1. The van der Waals surface area contributed by atoms with Gasteiger partial charge in [0.15, 0.2) is 0 Å².